The quantitative estimate of drug-likeness (QED) is 0.425. The van der Waals surface area contributed by atoms with Crippen molar-refractivity contribution in [3.05, 3.63) is 18.5 Å². The predicted octanol–water partition coefficient (Wildman–Crippen LogP) is 0.0872. The normalized spacial score (nSPS) is 13.4. The van der Waals surface area contributed by atoms with E-state index in [4.69, 9.17) is 26.0 Å². The number of hydrogen-bond acceptors (Lipinski definition) is 7. The molecule has 1 atom stereocenters. The van der Waals surface area contributed by atoms with Gasteiger partial charge in [-0.1, -0.05) is 6.58 Å². The van der Waals surface area contributed by atoms with Crippen LogP contribution in [-0.4, -0.2) is 41.8 Å². The van der Waals surface area contributed by atoms with E-state index in [0.717, 1.165) is 0 Å². The van der Waals surface area contributed by atoms with Crippen LogP contribution in [-0.2, 0) is 15.8 Å². The first-order valence-electron chi connectivity index (χ1n) is 6.25. The van der Waals surface area contributed by atoms with Crippen LogP contribution in [0.15, 0.2) is 18.5 Å². The first kappa shape index (κ1) is 16.4. The lowest BCUT2D eigenvalue weighted by molar-refractivity contribution is 0.110. The summed E-state index contributed by atoms with van der Waals surface area (Å²) >= 11 is 0. The average molecular weight is 328 g/mol. The summed E-state index contributed by atoms with van der Waals surface area (Å²) in [6, 6.07) is 0. The Kier molecular flexibility index (Phi) is 4.47. The van der Waals surface area contributed by atoms with Crippen LogP contribution >= 0.6 is 7.60 Å². The van der Waals surface area contributed by atoms with Crippen molar-refractivity contribution >= 4 is 30.5 Å². The Morgan fingerprint density at radius 3 is 2.82 bits per heavy atom. The number of fused-ring (bicyclic) bond motifs is 1. The van der Waals surface area contributed by atoms with Crippen LogP contribution < -0.4 is 11.5 Å². The Hall–Kier alpha value is -2.00. The number of rotatable bonds is 6. The van der Waals surface area contributed by atoms with Gasteiger partial charge < -0.3 is 30.6 Å². The van der Waals surface area contributed by atoms with E-state index >= 15 is 0 Å². The maximum atomic E-state index is 10.8. The fourth-order valence-corrected chi connectivity index (χ4v) is 2.19. The maximum Gasteiger partial charge on any atom is 0.351 e. The predicted molar refractivity (Wildman–Crippen MR) is 80.7 cm³/mol. The van der Waals surface area contributed by atoms with Crippen molar-refractivity contribution in [2.75, 3.05) is 17.8 Å². The lowest BCUT2D eigenvalue weighted by Crippen LogP contribution is -2.16. The summed E-state index contributed by atoms with van der Waals surface area (Å²) in [6.07, 6.45) is 0.289. The van der Waals surface area contributed by atoms with E-state index in [1.54, 1.807) is 11.5 Å². The topological polar surface area (TPSA) is 162 Å². The summed E-state index contributed by atoms with van der Waals surface area (Å²) < 4.78 is 17.6. The zero-order valence-corrected chi connectivity index (χ0v) is 12.8. The molecule has 0 aromatic carbocycles. The molecule has 0 bridgehead atoms. The van der Waals surface area contributed by atoms with E-state index in [1.807, 2.05) is 0 Å². The molecule has 2 heterocycles. The molecule has 0 aliphatic rings. The molecule has 0 spiro atoms. The fraction of sp³-hybridized carbons (Fsp3) is 0.364. The lowest BCUT2D eigenvalue weighted by Gasteiger charge is -2.17. The van der Waals surface area contributed by atoms with E-state index in [2.05, 4.69) is 21.5 Å². The van der Waals surface area contributed by atoms with E-state index in [-0.39, 0.29) is 18.3 Å². The van der Waals surface area contributed by atoms with E-state index < -0.39 is 20.0 Å². The first-order chi connectivity index (χ1) is 10.2. The summed E-state index contributed by atoms with van der Waals surface area (Å²) in [6.45, 7) is 5.78. The summed E-state index contributed by atoms with van der Waals surface area (Å²) in [5.41, 5.74) is 12.7. The van der Waals surface area contributed by atoms with Crippen molar-refractivity contribution < 1.29 is 19.1 Å². The van der Waals surface area contributed by atoms with Crippen LogP contribution in [0.2, 0.25) is 0 Å². The van der Waals surface area contributed by atoms with Gasteiger partial charge in [-0.25, -0.2) is 4.98 Å². The average Bonchev–Trinajstić information content (AvgIpc) is 2.78. The monoisotopic (exact) mass is 328 g/mol. The van der Waals surface area contributed by atoms with Gasteiger partial charge in [-0.05, 0) is 12.5 Å². The molecule has 0 aliphatic heterocycles. The summed E-state index contributed by atoms with van der Waals surface area (Å²) in [4.78, 5) is 29.6. The van der Waals surface area contributed by atoms with Crippen LogP contribution in [0.5, 0.6) is 0 Å². The Labute approximate surface area is 126 Å². The van der Waals surface area contributed by atoms with Gasteiger partial charge in [0.1, 0.15) is 11.9 Å². The van der Waals surface area contributed by atoms with Crippen LogP contribution in [0.1, 0.15) is 6.92 Å². The van der Waals surface area contributed by atoms with Crippen molar-refractivity contribution in [1.82, 2.24) is 19.5 Å². The van der Waals surface area contributed by atoms with E-state index in [1.165, 1.54) is 6.33 Å². The van der Waals surface area contributed by atoms with Gasteiger partial charge in [-0.3, -0.25) is 4.57 Å². The van der Waals surface area contributed by atoms with Crippen molar-refractivity contribution in [2.45, 2.75) is 19.6 Å². The van der Waals surface area contributed by atoms with Gasteiger partial charge in [0.15, 0.2) is 11.5 Å². The fourth-order valence-electron chi connectivity index (χ4n) is 1.77. The van der Waals surface area contributed by atoms with Crippen LogP contribution in [0.4, 0.5) is 11.8 Å². The van der Waals surface area contributed by atoms with Crippen molar-refractivity contribution in [3.63, 3.8) is 0 Å². The lowest BCUT2D eigenvalue weighted by atomic mass is 10.2. The molecule has 0 amide bonds. The molecule has 0 unspecified atom stereocenters. The van der Waals surface area contributed by atoms with Gasteiger partial charge in [0, 0.05) is 6.54 Å². The second-order valence-corrected chi connectivity index (χ2v) is 6.36. The molecule has 2 aromatic rings. The Balaban J connectivity index is 2.13. The summed E-state index contributed by atoms with van der Waals surface area (Å²) in [7, 11) is -4.22. The zero-order valence-electron chi connectivity index (χ0n) is 11.9. The van der Waals surface area contributed by atoms with Gasteiger partial charge in [0.25, 0.3) is 0 Å². The second-order valence-electron chi connectivity index (χ2n) is 4.77. The van der Waals surface area contributed by atoms with E-state index in [9.17, 15) is 4.57 Å². The number of ether oxygens (including phenoxy) is 1. The SMILES string of the molecule is C=C(Cn1cnc2c(N)nc(N)nc21)[C@@H](C)OCP(=O)(O)O. The number of aromatic nitrogens is 4. The number of anilines is 2. The van der Waals surface area contributed by atoms with Gasteiger partial charge >= 0.3 is 7.60 Å². The molecule has 0 fully saturated rings. The van der Waals surface area contributed by atoms with Gasteiger partial charge in [-0.15, -0.1) is 0 Å². The molecule has 22 heavy (non-hydrogen) atoms. The van der Waals surface area contributed by atoms with Crippen molar-refractivity contribution in [3.8, 4) is 0 Å². The Morgan fingerprint density at radius 1 is 1.50 bits per heavy atom. The highest BCUT2D eigenvalue weighted by atomic mass is 31.2. The van der Waals surface area contributed by atoms with Crippen molar-refractivity contribution in [1.29, 1.82) is 0 Å². The van der Waals surface area contributed by atoms with Gasteiger partial charge in [0.05, 0.1) is 12.4 Å². The number of nitrogen functional groups attached to an aromatic ring is 2. The summed E-state index contributed by atoms with van der Waals surface area (Å²) in [5.74, 6) is 0.209. The molecule has 10 nitrogen and oxygen atoms in total. The molecule has 0 aliphatic carbocycles. The standard InChI is InChI=1S/C11H17N6O4P/c1-6(7(2)21-5-22(18,19)20)3-17-4-14-8-9(12)15-11(13)16-10(8)17/h4,7H,1,3,5H2,2H3,(H2,18,19,20)(H4,12,13,15,16)/t7-/m1/s1. The highest BCUT2D eigenvalue weighted by molar-refractivity contribution is 7.51. The largest absolute Gasteiger partial charge is 0.382 e. The molecule has 11 heteroatoms. The first-order valence-corrected chi connectivity index (χ1v) is 8.05. The van der Waals surface area contributed by atoms with Crippen LogP contribution in [0.25, 0.3) is 11.2 Å². The van der Waals surface area contributed by atoms with Crippen LogP contribution in [0.3, 0.4) is 0 Å². The van der Waals surface area contributed by atoms with Gasteiger partial charge in [0.2, 0.25) is 5.95 Å². The molecule has 120 valence electrons. The summed E-state index contributed by atoms with van der Waals surface area (Å²) in [5, 5.41) is 0. The molecule has 2 rings (SSSR count). The highest BCUT2D eigenvalue weighted by Gasteiger charge is 2.18. The van der Waals surface area contributed by atoms with Crippen molar-refractivity contribution in [2.24, 2.45) is 0 Å². The minimum absolute atomic E-state index is 0.0307. The zero-order chi connectivity index (χ0) is 16.5. The smallest absolute Gasteiger partial charge is 0.351 e. The Morgan fingerprint density at radius 2 is 2.18 bits per heavy atom. The third-order valence-corrected chi connectivity index (χ3v) is 3.43. The Bertz CT molecular complexity index is 754. The number of hydrogen-bond donors (Lipinski definition) is 4. The third kappa shape index (κ3) is 3.80. The highest BCUT2D eigenvalue weighted by Crippen LogP contribution is 2.34. The molecular formula is C11H17N6O4P. The number of nitrogens with zero attached hydrogens (tertiary/aromatic N) is 4. The molecule has 2 aromatic heterocycles. The van der Waals surface area contributed by atoms with Crippen LogP contribution in [0, 0.1) is 0 Å². The maximum absolute atomic E-state index is 10.8. The minimum Gasteiger partial charge on any atom is -0.382 e. The molecular weight excluding hydrogens is 311 g/mol. The molecule has 6 N–H and O–H groups in total. The number of imidazole rings is 1. The van der Waals surface area contributed by atoms with E-state index in [0.29, 0.717) is 16.7 Å². The molecule has 0 saturated heterocycles. The minimum atomic E-state index is -4.22. The second kappa shape index (κ2) is 6.01. The van der Waals surface area contributed by atoms with Gasteiger partial charge in [-0.2, -0.15) is 9.97 Å². The third-order valence-electron chi connectivity index (χ3n) is 2.95. The molecule has 0 radical (unpaired) electrons. The molecule has 0 saturated carbocycles. The number of nitrogens with two attached hydrogens (primary N) is 2.